The molecule has 22 heteroatoms. The van der Waals surface area contributed by atoms with Crippen LogP contribution in [-0.4, -0.2) is 83.1 Å². The van der Waals surface area contributed by atoms with E-state index in [0.717, 1.165) is 34.7 Å². The lowest BCUT2D eigenvalue weighted by Crippen LogP contribution is -1.99. The molecule has 712 valence electrons. The van der Waals surface area contributed by atoms with E-state index in [1.165, 1.54) is 88.5 Å². The zero-order valence-electron chi connectivity index (χ0n) is 85.7. The van der Waals surface area contributed by atoms with Gasteiger partial charge in [0.2, 0.25) is 0 Å². The van der Waals surface area contributed by atoms with E-state index in [9.17, 15) is 0 Å². The van der Waals surface area contributed by atoms with Gasteiger partial charge < -0.3 is 13.6 Å². The molecular weight excluding hydrogens is 1670 g/mol. The van der Waals surface area contributed by atoms with E-state index in [1.807, 2.05) is 158 Å². The number of hydrogen-bond acceptors (Lipinski definition) is 16. The van der Waals surface area contributed by atoms with Gasteiger partial charge >= 0.3 is 0 Å². The fourth-order valence-electron chi connectivity index (χ4n) is 11.4. The molecule has 1 saturated carbocycles. The molecule has 1 aliphatic carbocycles. The third-order valence-corrected chi connectivity index (χ3v) is 23.9. The Kier molecular flexibility index (Phi) is 58.0. The van der Waals surface area contributed by atoms with Gasteiger partial charge in [0.05, 0.1) is 51.5 Å². The first-order valence-electron chi connectivity index (χ1n) is 45.9. The molecule has 14 heterocycles. The third kappa shape index (κ3) is 50.0. The maximum absolute atomic E-state index is 5.01. The van der Waals surface area contributed by atoms with Crippen molar-refractivity contribution in [2.45, 2.75) is 345 Å². The summed E-state index contributed by atoms with van der Waals surface area (Å²) in [5, 5.41) is 22.0. The van der Waals surface area contributed by atoms with E-state index in [0.29, 0.717) is 83.0 Å². The number of aromatic nitrogens is 17. The lowest BCUT2D eigenvalue weighted by Gasteiger charge is -2.07. The van der Waals surface area contributed by atoms with Crippen LogP contribution >= 0.6 is 45.3 Å². The molecule has 1 aliphatic rings. The van der Waals surface area contributed by atoms with E-state index < -0.39 is 0 Å². The minimum absolute atomic E-state index is 0. The molecule has 129 heavy (non-hydrogen) atoms. The summed E-state index contributed by atoms with van der Waals surface area (Å²) in [7, 11) is 8.05. The highest BCUT2D eigenvalue weighted by Gasteiger charge is 2.24. The summed E-state index contributed by atoms with van der Waals surface area (Å²) < 4.78 is 17.0. The van der Waals surface area contributed by atoms with Crippen molar-refractivity contribution in [3.63, 3.8) is 0 Å². The molecule has 14 aromatic heterocycles. The monoisotopic (exact) mass is 1840 g/mol. The first-order chi connectivity index (χ1) is 60.2. The van der Waals surface area contributed by atoms with Gasteiger partial charge in [-0.15, -0.1) is 45.3 Å². The second-order valence-electron chi connectivity index (χ2n) is 36.6. The number of thiophene rings is 1. The quantitative estimate of drug-likeness (QED) is 0.0947. The third-order valence-electron chi connectivity index (χ3n) is 19.8. The summed E-state index contributed by atoms with van der Waals surface area (Å²) in [6, 6.07) is 26.4. The van der Waals surface area contributed by atoms with Gasteiger partial charge in [0.1, 0.15) is 6.26 Å². The van der Waals surface area contributed by atoms with Crippen molar-refractivity contribution >= 4 is 45.3 Å². The molecule has 0 unspecified atom stereocenters. The molecule has 0 aromatic carbocycles. The largest absolute Gasteiger partial charge is 0.449 e. The Bertz CT molecular complexity index is 4590. The second kappa shape index (κ2) is 63.6. The normalized spacial score (nSPS) is 11.1. The van der Waals surface area contributed by atoms with Crippen LogP contribution in [0.4, 0.5) is 0 Å². The summed E-state index contributed by atoms with van der Waals surface area (Å²) in [6.45, 7) is 72.9. The Morgan fingerprint density at radius 1 is 0.403 bits per heavy atom. The molecule has 0 atom stereocenters. The van der Waals surface area contributed by atoms with Crippen molar-refractivity contribution in [1.29, 1.82) is 0 Å². The van der Waals surface area contributed by atoms with Crippen molar-refractivity contribution in [3.8, 4) is 0 Å². The molecule has 0 aliphatic heterocycles. The van der Waals surface area contributed by atoms with Crippen LogP contribution in [0, 0.1) is 41.5 Å². The predicted octanol–water partition coefficient (Wildman–Crippen LogP) is 31.8. The van der Waals surface area contributed by atoms with Crippen LogP contribution in [-0.2, 0) is 28.2 Å². The summed E-state index contributed by atoms with van der Waals surface area (Å²) in [6.07, 6.45) is 33.9. The molecule has 0 amide bonds. The smallest absolute Gasteiger partial charge is 0.191 e. The first kappa shape index (κ1) is 118. The molecular formula is C107H169N17OS4. The van der Waals surface area contributed by atoms with Crippen LogP contribution < -0.4 is 0 Å². The fraction of sp³-hybridized carbons (Fsp3) is 0.523. The highest BCUT2D eigenvalue weighted by molar-refractivity contribution is 7.11. The SMILES string of the molecule is C.CC(C)c1cccn1C.CC(C)c1cccs1.CC(C)c1ccn(C)n1.CC(C)c1cncs1.CC(C)c1cnn(C)c1.CC(C)c1cnn(C2CC2)c1.CC(C)c1cscn1.CC(C)n1cccn1.Cc1cc(C(C)C)ccn1.Cc1ccc(C(C)C)cn1.Cc1ccn(C)c1C(C)C.Cc1cncc(C(C)C)c1.Cc1nc(C(C)C)co1.Cc1ncc(C(C)C)s1. The Balaban J connectivity index is 0.000000695. The van der Waals surface area contributed by atoms with E-state index in [-0.39, 0.29) is 7.43 Å². The average Bonchev–Trinajstić information content (AvgIpc) is 1.67. The number of aryl methyl sites for hydroxylation is 10. The topological polar surface area (TPSA) is 185 Å². The molecule has 0 saturated heterocycles. The molecule has 18 nitrogen and oxygen atoms in total. The van der Waals surface area contributed by atoms with E-state index in [1.54, 1.807) is 46.5 Å². The zero-order chi connectivity index (χ0) is 96.4. The summed E-state index contributed by atoms with van der Waals surface area (Å²) >= 11 is 6.99. The van der Waals surface area contributed by atoms with Crippen LogP contribution in [0.5, 0.6) is 0 Å². The Labute approximate surface area is 798 Å². The molecule has 15 rings (SSSR count). The second-order valence-corrected chi connectivity index (χ2v) is 40.5. The number of pyridine rings is 3. The van der Waals surface area contributed by atoms with E-state index in [2.05, 4.69) is 381 Å². The molecule has 1 fully saturated rings. The number of oxazole rings is 1. The molecule has 0 radical (unpaired) electrons. The van der Waals surface area contributed by atoms with Crippen LogP contribution in [0.15, 0.2) is 198 Å². The van der Waals surface area contributed by atoms with Crippen molar-refractivity contribution in [2.24, 2.45) is 28.2 Å². The van der Waals surface area contributed by atoms with Gasteiger partial charge in [0.25, 0.3) is 0 Å². The Morgan fingerprint density at radius 3 is 1.30 bits per heavy atom. The number of rotatable bonds is 15. The Hall–Kier alpha value is -9.35. The lowest BCUT2D eigenvalue weighted by molar-refractivity contribution is 0.520. The van der Waals surface area contributed by atoms with Crippen molar-refractivity contribution < 1.29 is 4.42 Å². The minimum Gasteiger partial charge on any atom is -0.449 e. The number of hydrogen-bond donors (Lipinski definition) is 0. The van der Waals surface area contributed by atoms with Gasteiger partial charge in [-0.1, -0.05) is 206 Å². The van der Waals surface area contributed by atoms with Gasteiger partial charge in [-0.2, -0.15) is 20.4 Å². The first-order valence-corrected chi connectivity index (χ1v) is 49.4. The van der Waals surface area contributed by atoms with Crippen LogP contribution in [0.3, 0.4) is 0 Å². The van der Waals surface area contributed by atoms with Crippen molar-refractivity contribution in [3.05, 3.63) is 298 Å². The van der Waals surface area contributed by atoms with E-state index in [4.69, 9.17) is 4.42 Å². The zero-order valence-corrected chi connectivity index (χ0v) is 89.0. The van der Waals surface area contributed by atoms with Gasteiger partial charge in [-0.05, 0) is 237 Å². The molecule has 14 aromatic rings. The minimum atomic E-state index is 0. The highest BCUT2D eigenvalue weighted by Crippen LogP contribution is 2.35. The molecule has 0 N–H and O–H groups in total. The van der Waals surface area contributed by atoms with Gasteiger partial charge in [0.15, 0.2) is 5.89 Å². The fourth-order valence-corrected chi connectivity index (χ4v) is 14.3. The van der Waals surface area contributed by atoms with Gasteiger partial charge in [-0.3, -0.25) is 38.7 Å². The van der Waals surface area contributed by atoms with Crippen LogP contribution in [0.2, 0.25) is 0 Å². The van der Waals surface area contributed by atoms with Gasteiger partial charge in [0, 0.05) is 165 Å². The highest BCUT2D eigenvalue weighted by atomic mass is 32.1. The van der Waals surface area contributed by atoms with Crippen molar-refractivity contribution in [1.82, 2.24) is 83.1 Å². The molecule has 0 bridgehead atoms. The lowest BCUT2D eigenvalue weighted by atomic mass is 10.0. The average molecular weight is 1840 g/mol. The predicted molar refractivity (Wildman–Crippen MR) is 559 cm³/mol. The Morgan fingerprint density at radius 2 is 1.02 bits per heavy atom. The summed E-state index contributed by atoms with van der Waals surface area (Å²) in [5.41, 5.74) is 21.5. The standard InChI is InChI=1S/C9H14N2.C9H13N.C9H15N.2C9H13N.C8H13N.2C7H12N2.C7H11NO.C7H11NS.C7H10S.C6H10N2.2C6H9NS.CH4/c1-7(2)8-5-10-11(6-8)9-3-4-9;1-7(2)9-4-8(3)5-10-6-9;1-7(2)9-8(3)5-6-10(9)4;1-7(2)9-4-5-10-8(3)6-9;1-7(2)9-5-4-8(3)10-6-9;1-7(2)8-5-4-6-9(8)3;1-6(2)7-4-8-9(3)5-7;1-6(2)7-4-5-9(3)8-7;1-5(2)7-4-9-6(3)8-7;1-5(2)7-4-8-6(3)9-7;1-6(2)7-4-3-5-8-7;1-6(2)8-5-3-4-7-8;1-5(2)6-3-8-4-7-6;1-5(2)6-3-7-4-8-6;/h5-7,9H,3-4H2,1-2H3;4-7H,1-3H3;5-7H,1-4H3;2*4-7H,1-3H3;4-7H,1-3H3;2*4-6H,1-3H3;2*4-5H,1-3H3;2*3-6H,1-2H3;2*3-5H,1-2H3;1H4. The maximum atomic E-state index is 5.01. The van der Waals surface area contributed by atoms with Crippen molar-refractivity contribution in [2.75, 3.05) is 0 Å². The number of thiazole rings is 3. The summed E-state index contributed by atoms with van der Waals surface area (Å²) in [5.74, 6) is 8.62. The van der Waals surface area contributed by atoms with Gasteiger partial charge in [-0.25, -0.2) is 15.0 Å². The number of nitrogens with zero attached hydrogens (tertiary/aromatic N) is 17. The van der Waals surface area contributed by atoms with Crippen LogP contribution in [0.1, 0.15) is 407 Å². The van der Waals surface area contributed by atoms with Crippen LogP contribution in [0.25, 0.3) is 0 Å². The maximum Gasteiger partial charge on any atom is 0.191 e. The molecule has 0 spiro atoms. The van der Waals surface area contributed by atoms with E-state index >= 15 is 0 Å². The summed E-state index contributed by atoms with van der Waals surface area (Å²) in [4.78, 5) is 33.0.